The van der Waals surface area contributed by atoms with Gasteiger partial charge in [-0.25, -0.2) is 0 Å². The van der Waals surface area contributed by atoms with E-state index in [1.165, 1.54) is 47.9 Å². The predicted octanol–water partition coefficient (Wildman–Crippen LogP) is 4.68. The van der Waals surface area contributed by atoms with Gasteiger partial charge < -0.3 is 0 Å². The molecule has 0 radical (unpaired) electrons. The van der Waals surface area contributed by atoms with Crippen molar-refractivity contribution in [1.82, 2.24) is 0 Å². The van der Waals surface area contributed by atoms with E-state index in [4.69, 9.17) is 0 Å². The van der Waals surface area contributed by atoms with Crippen molar-refractivity contribution in [2.45, 2.75) is 25.7 Å². The molecule has 0 bridgehead atoms. The first-order valence-electron chi connectivity index (χ1n) is 9.21. The second-order valence-electron chi connectivity index (χ2n) is 7.04. The van der Waals surface area contributed by atoms with Gasteiger partial charge in [0.1, 0.15) is 0 Å². The third-order valence-corrected chi connectivity index (χ3v) is 5.33. The topological polar surface area (TPSA) is 0 Å². The van der Waals surface area contributed by atoms with E-state index in [0.717, 1.165) is 22.3 Å². The summed E-state index contributed by atoms with van der Waals surface area (Å²) in [6, 6.07) is 21.3. The summed E-state index contributed by atoms with van der Waals surface area (Å²) in [6.45, 7) is 0. The van der Waals surface area contributed by atoms with E-state index in [1.807, 2.05) is 0 Å². The largest absolute Gasteiger partial charge is 0.0617 e. The molecule has 0 saturated carbocycles. The monoisotopic (exact) mass is 330 g/mol. The minimum Gasteiger partial charge on any atom is -0.0617 e. The molecule has 0 N–H and O–H groups in total. The zero-order valence-corrected chi connectivity index (χ0v) is 14.6. The summed E-state index contributed by atoms with van der Waals surface area (Å²) in [5, 5.41) is 0. The molecule has 2 aliphatic carbocycles. The lowest BCUT2D eigenvalue weighted by Crippen LogP contribution is -2.07. The Morgan fingerprint density at radius 3 is 1.08 bits per heavy atom. The fourth-order valence-electron chi connectivity index (χ4n) is 3.47. The number of benzene rings is 3. The molecule has 0 unspecified atom stereocenters. The zero-order valence-electron chi connectivity index (χ0n) is 14.6. The average Bonchev–Trinajstić information content (AvgIpc) is 2.62. The van der Waals surface area contributed by atoms with Crippen LogP contribution in [0, 0.1) is 23.7 Å². The van der Waals surface area contributed by atoms with Gasteiger partial charge in [0.15, 0.2) is 0 Å². The highest BCUT2D eigenvalue weighted by atomic mass is 14.2. The minimum atomic E-state index is 1.03. The summed E-state index contributed by atoms with van der Waals surface area (Å²) in [6.07, 6.45) is 4.83. The van der Waals surface area contributed by atoms with Crippen LogP contribution in [-0.4, -0.2) is 0 Å². The second-order valence-corrected chi connectivity index (χ2v) is 7.04. The summed E-state index contributed by atoms with van der Waals surface area (Å²) >= 11 is 0. The smallest absolute Gasteiger partial charge is 0.0251 e. The maximum absolute atomic E-state index is 3.27. The van der Waals surface area contributed by atoms with Crippen LogP contribution in [-0.2, 0) is 25.7 Å². The van der Waals surface area contributed by atoms with Crippen LogP contribution in [0.2, 0.25) is 0 Å². The van der Waals surface area contributed by atoms with Gasteiger partial charge in [0.25, 0.3) is 0 Å². The summed E-state index contributed by atoms with van der Waals surface area (Å²) < 4.78 is 0. The highest BCUT2D eigenvalue weighted by Gasteiger charge is 2.12. The van der Waals surface area contributed by atoms with Gasteiger partial charge in [0.05, 0.1) is 0 Å². The quantitative estimate of drug-likeness (QED) is 0.525. The van der Waals surface area contributed by atoms with Crippen LogP contribution in [0.25, 0.3) is 0 Å². The number of aryl methyl sites for hydroxylation is 4. The maximum Gasteiger partial charge on any atom is 0.0251 e. The second kappa shape index (κ2) is 6.25. The van der Waals surface area contributed by atoms with Crippen molar-refractivity contribution in [3.63, 3.8) is 0 Å². The fourth-order valence-corrected chi connectivity index (χ4v) is 3.47. The van der Waals surface area contributed by atoms with Crippen LogP contribution in [0.3, 0.4) is 0 Å². The normalized spacial score (nSPS) is 12.9. The van der Waals surface area contributed by atoms with Crippen molar-refractivity contribution in [3.8, 4) is 23.7 Å². The first kappa shape index (κ1) is 15.1. The molecule has 0 fully saturated rings. The van der Waals surface area contributed by atoms with Gasteiger partial charge in [-0.15, -0.1) is 0 Å². The fraction of sp³-hybridized carbons (Fsp3) is 0.154. The van der Waals surface area contributed by atoms with Crippen LogP contribution in [0.1, 0.15) is 44.5 Å². The summed E-state index contributed by atoms with van der Waals surface area (Å²) in [5.74, 6) is 13.1. The van der Waals surface area contributed by atoms with E-state index in [1.54, 1.807) is 0 Å². The van der Waals surface area contributed by atoms with Crippen molar-refractivity contribution in [1.29, 1.82) is 0 Å². The Morgan fingerprint density at radius 2 is 0.731 bits per heavy atom. The molecule has 0 heteroatoms. The van der Waals surface area contributed by atoms with Gasteiger partial charge in [-0.05, 0) is 96.5 Å². The first-order chi connectivity index (χ1) is 12.8. The molecule has 3 aromatic carbocycles. The lowest BCUT2D eigenvalue weighted by atomic mass is 9.87. The Hall–Kier alpha value is -3.22. The van der Waals surface area contributed by atoms with E-state index in [2.05, 4.69) is 84.3 Å². The number of fused-ring (bicyclic) bond motifs is 2. The Balaban J connectivity index is 1.31. The molecule has 0 spiro atoms. The minimum absolute atomic E-state index is 1.03. The third kappa shape index (κ3) is 2.92. The molecule has 5 rings (SSSR count). The molecule has 0 saturated heterocycles. The Bertz CT molecular complexity index is 1030. The lowest BCUT2D eigenvalue weighted by molar-refractivity contribution is 0.838. The third-order valence-electron chi connectivity index (χ3n) is 5.33. The van der Waals surface area contributed by atoms with Crippen LogP contribution in [0.15, 0.2) is 60.7 Å². The van der Waals surface area contributed by atoms with Crippen molar-refractivity contribution < 1.29 is 0 Å². The first-order valence-corrected chi connectivity index (χ1v) is 9.21. The van der Waals surface area contributed by atoms with Gasteiger partial charge >= 0.3 is 0 Å². The molecule has 122 valence electrons. The molecule has 0 aromatic heterocycles. The molecule has 2 aliphatic rings. The van der Waals surface area contributed by atoms with E-state index in [9.17, 15) is 0 Å². The van der Waals surface area contributed by atoms with Crippen molar-refractivity contribution in [2.75, 3.05) is 0 Å². The predicted molar refractivity (Wildman–Crippen MR) is 106 cm³/mol. The van der Waals surface area contributed by atoms with Crippen LogP contribution in [0.4, 0.5) is 0 Å². The number of rotatable bonds is 0. The van der Waals surface area contributed by atoms with E-state index in [-0.39, 0.29) is 0 Å². The van der Waals surface area contributed by atoms with Crippen LogP contribution >= 0.6 is 0 Å². The molecule has 0 atom stereocenters. The van der Waals surface area contributed by atoms with Crippen molar-refractivity contribution >= 4 is 0 Å². The van der Waals surface area contributed by atoms with E-state index < -0.39 is 0 Å². The molecule has 26 heavy (non-hydrogen) atoms. The molecule has 0 amide bonds. The summed E-state index contributed by atoms with van der Waals surface area (Å²) in [4.78, 5) is 0. The molecular weight excluding hydrogens is 312 g/mol. The SMILES string of the molecule is C(#Cc1ccc2c(c1)CC2)c1ccc(C#Cc2ccc3c(c2)CC3)cc1. The van der Waals surface area contributed by atoms with Crippen LogP contribution < -0.4 is 0 Å². The van der Waals surface area contributed by atoms with Crippen LogP contribution in [0.5, 0.6) is 0 Å². The summed E-state index contributed by atoms with van der Waals surface area (Å²) in [7, 11) is 0. The summed E-state index contributed by atoms with van der Waals surface area (Å²) in [5.41, 5.74) is 10.1. The number of hydrogen-bond donors (Lipinski definition) is 0. The molecule has 0 aliphatic heterocycles. The average molecular weight is 330 g/mol. The molecular formula is C26H18. The van der Waals surface area contributed by atoms with Crippen molar-refractivity contribution in [2.24, 2.45) is 0 Å². The Labute approximate surface area is 154 Å². The zero-order chi connectivity index (χ0) is 17.3. The standard InChI is InChI=1S/C26H18/c1-2-20(6-8-22-10-12-24-14-16-26(24)18-22)4-3-19(1)5-7-21-9-11-23-13-15-25(23)17-21/h1-4,9-12,17-18H,13-16H2. The van der Waals surface area contributed by atoms with Gasteiger partial charge in [0.2, 0.25) is 0 Å². The van der Waals surface area contributed by atoms with Gasteiger partial charge in [-0.1, -0.05) is 35.8 Å². The molecule has 3 aromatic rings. The van der Waals surface area contributed by atoms with E-state index in [0.29, 0.717) is 0 Å². The molecule has 0 nitrogen and oxygen atoms in total. The highest BCUT2D eigenvalue weighted by molar-refractivity contribution is 5.51. The maximum atomic E-state index is 3.27. The van der Waals surface area contributed by atoms with Gasteiger partial charge in [-0.2, -0.15) is 0 Å². The Morgan fingerprint density at radius 1 is 0.385 bits per heavy atom. The van der Waals surface area contributed by atoms with E-state index >= 15 is 0 Å². The molecule has 0 heterocycles. The van der Waals surface area contributed by atoms with Gasteiger partial charge in [0, 0.05) is 22.3 Å². The lowest BCUT2D eigenvalue weighted by Gasteiger charge is -2.17. The highest BCUT2D eigenvalue weighted by Crippen LogP contribution is 2.24. The van der Waals surface area contributed by atoms with Crippen molar-refractivity contribution in [3.05, 3.63) is 105 Å². The number of hydrogen-bond acceptors (Lipinski definition) is 0. The Kier molecular flexibility index (Phi) is 3.62. The van der Waals surface area contributed by atoms with Gasteiger partial charge in [-0.3, -0.25) is 0 Å².